The monoisotopic (exact) mass is 552 g/mol. The Balaban J connectivity index is 1.66. The Bertz CT molecular complexity index is 729. The van der Waals surface area contributed by atoms with E-state index in [1.165, 1.54) is 0 Å². The van der Waals surface area contributed by atoms with Crippen LogP contribution in [-0.4, -0.2) is 117 Å². The molecule has 0 spiro atoms. The van der Waals surface area contributed by atoms with Crippen molar-refractivity contribution in [3.8, 4) is 0 Å². The summed E-state index contributed by atoms with van der Waals surface area (Å²) in [6.45, 7) is 28.6. The second-order valence-corrected chi connectivity index (χ2v) is 17.2. The molecule has 0 aliphatic carbocycles. The molecule has 0 atom stereocenters. The molecule has 0 aromatic carbocycles. The van der Waals surface area contributed by atoms with Crippen molar-refractivity contribution in [3.63, 3.8) is 0 Å². The number of nitrogens with zero attached hydrogens (tertiary/aromatic N) is 6. The Labute approximate surface area is 238 Å². The first-order chi connectivity index (χ1) is 17.5. The van der Waals surface area contributed by atoms with Crippen molar-refractivity contribution in [2.75, 3.05) is 20.0 Å². The van der Waals surface area contributed by atoms with Crippen molar-refractivity contribution in [2.45, 2.75) is 173 Å². The minimum absolute atomic E-state index is 0.308. The second kappa shape index (κ2) is 9.85. The molecule has 0 aromatic heterocycles. The summed E-state index contributed by atoms with van der Waals surface area (Å²) in [6, 6.07) is 1.05. The van der Waals surface area contributed by atoms with Gasteiger partial charge in [-0.25, -0.2) is 0 Å². The van der Waals surface area contributed by atoms with Crippen molar-refractivity contribution in [2.24, 2.45) is 0 Å². The zero-order chi connectivity index (χ0) is 29.6. The Morgan fingerprint density at radius 2 is 0.513 bits per heavy atom. The van der Waals surface area contributed by atoms with Crippen LogP contribution in [0.2, 0.25) is 0 Å². The van der Waals surface area contributed by atoms with Crippen molar-refractivity contribution >= 4 is 0 Å². The third-order valence-electron chi connectivity index (χ3n) is 10.5. The van der Waals surface area contributed by atoms with Gasteiger partial charge in [0, 0.05) is 51.4 Å². The standard InChI is InChI=1S/C30H60N6O3/c1-25(2)13-22(14-26(3,4)34(25)37)31-19-32(23-15-27(5,6)35(38)28(7,8)16-23)21-33(20-31)24-17-29(9,10)36(39)30(11,12)18-24/h22-24,37-39H,13-21H2,1-12H3. The maximum absolute atomic E-state index is 11.0. The van der Waals surface area contributed by atoms with E-state index >= 15 is 0 Å². The van der Waals surface area contributed by atoms with E-state index < -0.39 is 0 Å². The number of hydrogen-bond acceptors (Lipinski definition) is 9. The predicted molar refractivity (Wildman–Crippen MR) is 155 cm³/mol. The summed E-state index contributed by atoms with van der Waals surface area (Å²) in [5.74, 6) is 0. The lowest BCUT2D eigenvalue weighted by Crippen LogP contribution is -2.71. The van der Waals surface area contributed by atoms with E-state index in [0.717, 1.165) is 58.5 Å². The molecule has 4 fully saturated rings. The van der Waals surface area contributed by atoms with Gasteiger partial charge >= 0.3 is 0 Å². The molecule has 4 aliphatic rings. The van der Waals surface area contributed by atoms with Gasteiger partial charge in [0.25, 0.3) is 0 Å². The van der Waals surface area contributed by atoms with Gasteiger partial charge in [0.2, 0.25) is 0 Å². The van der Waals surface area contributed by atoms with E-state index in [1.807, 2.05) is 0 Å². The van der Waals surface area contributed by atoms with E-state index in [-0.39, 0.29) is 33.2 Å². The summed E-state index contributed by atoms with van der Waals surface area (Å²) in [6.07, 6.45) is 5.46. The summed E-state index contributed by atoms with van der Waals surface area (Å²) in [4.78, 5) is 7.99. The number of rotatable bonds is 3. The fourth-order valence-electron chi connectivity index (χ4n) is 8.95. The molecule has 0 radical (unpaired) electrons. The van der Waals surface area contributed by atoms with Crippen LogP contribution >= 0.6 is 0 Å². The van der Waals surface area contributed by atoms with E-state index in [1.54, 1.807) is 15.2 Å². The van der Waals surface area contributed by atoms with Gasteiger partial charge in [0.15, 0.2) is 0 Å². The van der Waals surface area contributed by atoms with Crippen LogP contribution < -0.4 is 0 Å². The Morgan fingerprint density at radius 1 is 0.359 bits per heavy atom. The Kier molecular flexibility index (Phi) is 7.97. The van der Waals surface area contributed by atoms with Gasteiger partial charge in [-0.1, -0.05) is 0 Å². The molecular weight excluding hydrogens is 492 g/mol. The first kappa shape index (κ1) is 31.6. The lowest BCUT2D eigenvalue weighted by molar-refractivity contribution is -0.271. The highest BCUT2D eigenvalue weighted by atomic mass is 16.5. The first-order valence-electron chi connectivity index (χ1n) is 15.2. The van der Waals surface area contributed by atoms with Gasteiger partial charge in [-0.2, -0.15) is 15.2 Å². The summed E-state index contributed by atoms with van der Waals surface area (Å²) in [7, 11) is 0. The SMILES string of the molecule is CC1(C)CC(N2CN(C3CC(C)(C)N(O)C(C)(C)C3)CN(C3CC(C)(C)N(O)C(C)(C)C3)C2)CC(C)(C)N1O. The summed E-state index contributed by atoms with van der Waals surface area (Å²) in [5, 5.41) is 37.8. The summed E-state index contributed by atoms with van der Waals surface area (Å²) < 4.78 is 0. The largest absolute Gasteiger partial charge is 0.313 e. The lowest BCUT2D eigenvalue weighted by Gasteiger charge is -2.60. The minimum atomic E-state index is -0.308. The van der Waals surface area contributed by atoms with Crippen LogP contribution in [0.15, 0.2) is 0 Å². The van der Waals surface area contributed by atoms with Crippen molar-refractivity contribution in [1.82, 2.24) is 29.9 Å². The fourth-order valence-corrected chi connectivity index (χ4v) is 8.95. The topological polar surface area (TPSA) is 80.1 Å². The summed E-state index contributed by atoms with van der Waals surface area (Å²) >= 11 is 0. The average molecular weight is 553 g/mol. The van der Waals surface area contributed by atoms with Crippen molar-refractivity contribution in [1.29, 1.82) is 0 Å². The van der Waals surface area contributed by atoms with Gasteiger partial charge in [0.05, 0.1) is 20.0 Å². The highest BCUT2D eigenvalue weighted by Crippen LogP contribution is 2.44. The minimum Gasteiger partial charge on any atom is -0.313 e. The molecule has 9 heteroatoms. The molecule has 0 saturated carbocycles. The third-order valence-corrected chi connectivity index (χ3v) is 10.5. The molecule has 4 aliphatic heterocycles. The molecule has 4 rings (SSSR count). The average Bonchev–Trinajstić information content (AvgIpc) is 2.77. The molecule has 39 heavy (non-hydrogen) atoms. The molecule has 0 amide bonds. The molecule has 0 aromatic rings. The molecule has 0 unspecified atom stereocenters. The van der Waals surface area contributed by atoms with E-state index in [4.69, 9.17) is 0 Å². The Morgan fingerprint density at radius 3 is 0.667 bits per heavy atom. The maximum atomic E-state index is 11.0. The van der Waals surface area contributed by atoms with Crippen LogP contribution in [0.5, 0.6) is 0 Å². The van der Waals surface area contributed by atoms with Gasteiger partial charge < -0.3 is 15.6 Å². The number of hydroxylamine groups is 6. The lowest BCUT2D eigenvalue weighted by atomic mass is 9.77. The summed E-state index contributed by atoms with van der Waals surface area (Å²) in [5.41, 5.74) is -1.85. The normalized spacial score (nSPS) is 33.9. The maximum Gasteiger partial charge on any atom is 0.0535 e. The van der Waals surface area contributed by atoms with Crippen LogP contribution in [0, 0.1) is 0 Å². The molecule has 4 saturated heterocycles. The quantitative estimate of drug-likeness (QED) is 0.448. The highest BCUT2D eigenvalue weighted by Gasteiger charge is 2.52. The predicted octanol–water partition coefficient (Wildman–Crippen LogP) is 5.01. The van der Waals surface area contributed by atoms with Crippen molar-refractivity contribution in [3.05, 3.63) is 0 Å². The van der Waals surface area contributed by atoms with E-state index in [0.29, 0.717) is 18.1 Å². The smallest absolute Gasteiger partial charge is 0.0535 e. The van der Waals surface area contributed by atoms with Gasteiger partial charge in [0.1, 0.15) is 0 Å². The van der Waals surface area contributed by atoms with Gasteiger partial charge in [-0.05, 0) is 122 Å². The second-order valence-electron chi connectivity index (χ2n) is 17.2. The van der Waals surface area contributed by atoms with Crippen LogP contribution in [0.1, 0.15) is 122 Å². The van der Waals surface area contributed by atoms with Crippen LogP contribution in [0.25, 0.3) is 0 Å². The molecule has 228 valence electrons. The zero-order valence-corrected chi connectivity index (χ0v) is 27.1. The molecular formula is C30H60N6O3. The third kappa shape index (κ3) is 5.95. The fraction of sp³-hybridized carbons (Fsp3) is 1.00. The molecule has 9 nitrogen and oxygen atoms in total. The zero-order valence-electron chi connectivity index (χ0n) is 27.1. The van der Waals surface area contributed by atoms with Crippen LogP contribution in [-0.2, 0) is 0 Å². The van der Waals surface area contributed by atoms with Crippen LogP contribution in [0.3, 0.4) is 0 Å². The van der Waals surface area contributed by atoms with E-state index in [9.17, 15) is 15.6 Å². The first-order valence-corrected chi connectivity index (χ1v) is 15.2. The molecule has 3 N–H and O–H groups in total. The number of hydrogen-bond donors (Lipinski definition) is 3. The highest BCUT2D eigenvalue weighted by molar-refractivity contribution is 5.04. The Hall–Kier alpha value is -0.360. The van der Waals surface area contributed by atoms with Crippen molar-refractivity contribution < 1.29 is 15.6 Å². The molecule has 4 heterocycles. The van der Waals surface area contributed by atoms with Gasteiger partial charge in [-0.15, -0.1) is 0 Å². The number of piperidine rings is 3. The van der Waals surface area contributed by atoms with Gasteiger partial charge in [-0.3, -0.25) is 14.7 Å². The molecule has 0 bridgehead atoms. The van der Waals surface area contributed by atoms with E-state index in [2.05, 4.69) is 97.8 Å². The van der Waals surface area contributed by atoms with Crippen LogP contribution in [0.4, 0.5) is 0 Å².